The second-order valence-electron chi connectivity index (χ2n) is 3.72. The van der Waals surface area contributed by atoms with Crippen LogP contribution in [0, 0.1) is 5.92 Å². The van der Waals surface area contributed by atoms with Crippen LogP contribution in [0.3, 0.4) is 0 Å². The standard InChI is InChI=1S/C10H16N2O5.ClH/c1-16-8(13)3-7(10(15)17-2)12-9(14)6-4-11-5-6;/h6-7,11H,3-5H2,1-2H3,(H,12,14);1H. The molecule has 1 aliphatic rings. The van der Waals surface area contributed by atoms with Crippen LogP contribution in [0.2, 0.25) is 0 Å². The van der Waals surface area contributed by atoms with Crippen molar-refractivity contribution in [3.8, 4) is 0 Å². The van der Waals surface area contributed by atoms with E-state index in [1.165, 1.54) is 14.2 Å². The van der Waals surface area contributed by atoms with Crippen LogP contribution in [-0.2, 0) is 23.9 Å². The molecule has 0 aromatic heterocycles. The average Bonchev–Trinajstić information content (AvgIpc) is 2.24. The van der Waals surface area contributed by atoms with Gasteiger partial charge < -0.3 is 20.1 Å². The smallest absolute Gasteiger partial charge is 0.328 e. The van der Waals surface area contributed by atoms with Gasteiger partial charge in [-0.15, -0.1) is 12.4 Å². The van der Waals surface area contributed by atoms with Crippen molar-refractivity contribution in [2.24, 2.45) is 5.92 Å². The van der Waals surface area contributed by atoms with Crippen LogP contribution >= 0.6 is 12.4 Å². The normalized spacial score (nSPS) is 15.7. The molecule has 0 aromatic carbocycles. The van der Waals surface area contributed by atoms with Crippen LogP contribution in [0.25, 0.3) is 0 Å². The van der Waals surface area contributed by atoms with E-state index >= 15 is 0 Å². The summed E-state index contributed by atoms with van der Waals surface area (Å²) >= 11 is 0. The van der Waals surface area contributed by atoms with Crippen molar-refractivity contribution in [3.63, 3.8) is 0 Å². The molecule has 0 bridgehead atoms. The molecule has 0 radical (unpaired) electrons. The van der Waals surface area contributed by atoms with Crippen molar-refractivity contribution in [1.29, 1.82) is 0 Å². The molecule has 2 N–H and O–H groups in total. The highest BCUT2D eigenvalue weighted by molar-refractivity contribution is 5.89. The van der Waals surface area contributed by atoms with E-state index in [4.69, 9.17) is 0 Å². The van der Waals surface area contributed by atoms with Crippen LogP contribution < -0.4 is 10.6 Å². The molecule has 1 aliphatic heterocycles. The molecule has 1 amide bonds. The Kier molecular flexibility index (Phi) is 7.30. The van der Waals surface area contributed by atoms with Crippen molar-refractivity contribution in [2.45, 2.75) is 12.5 Å². The van der Waals surface area contributed by atoms with Gasteiger partial charge in [0, 0.05) is 13.1 Å². The first-order valence-electron chi connectivity index (χ1n) is 5.24. The molecule has 1 fully saturated rings. The zero-order chi connectivity index (χ0) is 12.8. The highest BCUT2D eigenvalue weighted by Crippen LogP contribution is 2.05. The average molecular weight is 281 g/mol. The Hall–Kier alpha value is -1.34. The molecule has 1 unspecified atom stereocenters. The summed E-state index contributed by atoms with van der Waals surface area (Å²) in [6.07, 6.45) is -0.227. The maximum absolute atomic E-state index is 11.6. The van der Waals surface area contributed by atoms with Crippen LogP contribution in [0.1, 0.15) is 6.42 Å². The first kappa shape index (κ1) is 16.7. The molecule has 0 aliphatic carbocycles. The van der Waals surface area contributed by atoms with E-state index in [2.05, 4.69) is 20.1 Å². The summed E-state index contributed by atoms with van der Waals surface area (Å²) in [5, 5.41) is 5.42. The van der Waals surface area contributed by atoms with Gasteiger partial charge in [0.15, 0.2) is 0 Å². The van der Waals surface area contributed by atoms with Gasteiger partial charge in [0.2, 0.25) is 5.91 Å². The number of nitrogens with one attached hydrogen (secondary N) is 2. The predicted octanol–water partition coefficient (Wildman–Crippen LogP) is -1.15. The predicted molar refractivity (Wildman–Crippen MR) is 64.2 cm³/mol. The third kappa shape index (κ3) is 4.50. The second-order valence-corrected chi connectivity index (χ2v) is 3.72. The number of halogens is 1. The zero-order valence-electron chi connectivity index (χ0n) is 10.2. The van der Waals surface area contributed by atoms with E-state index in [0.717, 1.165) is 0 Å². The lowest BCUT2D eigenvalue weighted by atomic mass is 10.0. The lowest BCUT2D eigenvalue weighted by Crippen LogP contribution is -2.54. The fourth-order valence-corrected chi connectivity index (χ4v) is 1.35. The lowest BCUT2D eigenvalue weighted by Gasteiger charge is -2.27. The molecule has 1 atom stereocenters. The number of rotatable bonds is 5. The highest BCUT2D eigenvalue weighted by Gasteiger charge is 2.30. The molecule has 18 heavy (non-hydrogen) atoms. The summed E-state index contributed by atoms with van der Waals surface area (Å²) < 4.78 is 8.96. The van der Waals surface area contributed by atoms with E-state index in [0.29, 0.717) is 13.1 Å². The first-order valence-corrected chi connectivity index (χ1v) is 5.24. The quantitative estimate of drug-likeness (QED) is 0.618. The number of carbonyl (C=O) groups excluding carboxylic acids is 3. The molecule has 0 aromatic rings. The maximum atomic E-state index is 11.6. The van der Waals surface area contributed by atoms with Gasteiger partial charge in [-0.2, -0.15) is 0 Å². The largest absolute Gasteiger partial charge is 0.469 e. The third-order valence-electron chi connectivity index (χ3n) is 2.55. The number of amides is 1. The van der Waals surface area contributed by atoms with Crippen LogP contribution in [-0.4, -0.2) is 51.2 Å². The molecule has 1 saturated heterocycles. The summed E-state index contributed by atoms with van der Waals surface area (Å²) in [5.74, 6) is -1.65. The Balaban J connectivity index is 0.00000289. The monoisotopic (exact) mass is 280 g/mol. The van der Waals surface area contributed by atoms with Crippen LogP contribution in [0.15, 0.2) is 0 Å². The highest BCUT2D eigenvalue weighted by atomic mass is 35.5. The van der Waals surface area contributed by atoms with Gasteiger partial charge >= 0.3 is 11.9 Å². The minimum absolute atomic E-state index is 0. The summed E-state index contributed by atoms with van der Waals surface area (Å²) in [7, 11) is 2.41. The Morgan fingerprint density at radius 1 is 1.28 bits per heavy atom. The minimum atomic E-state index is -0.986. The van der Waals surface area contributed by atoms with Gasteiger partial charge in [-0.3, -0.25) is 9.59 Å². The van der Waals surface area contributed by atoms with Gasteiger partial charge in [0.05, 0.1) is 26.6 Å². The van der Waals surface area contributed by atoms with Gasteiger partial charge in [-0.05, 0) is 0 Å². The third-order valence-corrected chi connectivity index (χ3v) is 2.55. The molecular formula is C10H17ClN2O5. The Bertz CT molecular complexity index is 319. The van der Waals surface area contributed by atoms with Crippen molar-refractivity contribution in [2.75, 3.05) is 27.3 Å². The number of ether oxygens (including phenoxy) is 2. The van der Waals surface area contributed by atoms with E-state index in [9.17, 15) is 14.4 Å². The molecule has 7 nitrogen and oxygen atoms in total. The van der Waals surface area contributed by atoms with E-state index in [1.54, 1.807) is 0 Å². The Morgan fingerprint density at radius 2 is 1.89 bits per heavy atom. The van der Waals surface area contributed by atoms with Crippen LogP contribution in [0.4, 0.5) is 0 Å². The summed E-state index contributed by atoms with van der Waals surface area (Å²) in [4.78, 5) is 34.1. The van der Waals surface area contributed by atoms with Gasteiger partial charge in [0.1, 0.15) is 6.04 Å². The molecule has 1 heterocycles. The molecular weight excluding hydrogens is 264 g/mol. The number of esters is 2. The van der Waals surface area contributed by atoms with Gasteiger partial charge in [-0.25, -0.2) is 4.79 Å². The van der Waals surface area contributed by atoms with E-state index in [-0.39, 0.29) is 30.7 Å². The summed E-state index contributed by atoms with van der Waals surface area (Å²) in [6.45, 7) is 1.16. The number of methoxy groups -OCH3 is 2. The Morgan fingerprint density at radius 3 is 2.28 bits per heavy atom. The van der Waals surface area contributed by atoms with E-state index in [1.807, 2.05) is 0 Å². The lowest BCUT2D eigenvalue weighted by molar-refractivity contribution is -0.151. The van der Waals surface area contributed by atoms with Gasteiger partial charge in [0.25, 0.3) is 0 Å². The maximum Gasteiger partial charge on any atom is 0.328 e. The fraction of sp³-hybridized carbons (Fsp3) is 0.700. The first-order chi connectivity index (χ1) is 8.08. The van der Waals surface area contributed by atoms with Crippen molar-refractivity contribution >= 4 is 30.3 Å². The Labute approximate surface area is 111 Å². The molecule has 0 spiro atoms. The van der Waals surface area contributed by atoms with E-state index < -0.39 is 18.0 Å². The topological polar surface area (TPSA) is 93.7 Å². The fourth-order valence-electron chi connectivity index (χ4n) is 1.35. The minimum Gasteiger partial charge on any atom is -0.469 e. The molecule has 8 heteroatoms. The zero-order valence-corrected chi connectivity index (χ0v) is 11.0. The van der Waals surface area contributed by atoms with Crippen molar-refractivity contribution < 1.29 is 23.9 Å². The summed E-state index contributed by atoms with van der Waals surface area (Å²) in [6, 6.07) is -0.986. The number of hydrogen-bond acceptors (Lipinski definition) is 6. The van der Waals surface area contributed by atoms with Crippen molar-refractivity contribution in [1.82, 2.24) is 10.6 Å². The molecule has 0 saturated carbocycles. The SMILES string of the molecule is COC(=O)CC(NC(=O)C1CNC1)C(=O)OC.Cl. The molecule has 104 valence electrons. The summed E-state index contributed by atoms with van der Waals surface area (Å²) in [5.41, 5.74) is 0. The number of carbonyl (C=O) groups is 3. The molecule has 1 rings (SSSR count). The van der Waals surface area contributed by atoms with Gasteiger partial charge in [-0.1, -0.05) is 0 Å². The number of hydrogen-bond donors (Lipinski definition) is 2. The van der Waals surface area contributed by atoms with Crippen LogP contribution in [0.5, 0.6) is 0 Å². The second kappa shape index (κ2) is 7.88. The van der Waals surface area contributed by atoms with Crippen molar-refractivity contribution in [3.05, 3.63) is 0 Å².